The van der Waals surface area contributed by atoms with Gasteiger partial charge in [0.05, 0.1) is 19.9 Å². The van der Waals surface area contributed by atoms with Crippen molar-refractivity contribution in [2.75, 3.05) is 38.1 Å². The minimum atomic E-state index is 0.131. The molecule has 0 fully saturated rings. The number of aliphatic hydroxyl groups excluding tert-OH is 1. The highest BCUT2D eigenvalue weighted by Crippen LogP contribution is 2.25. The van der Waals surface area contributed by atoms with Gasteiger partial charge in [0.15, 0.2) is 11.6 Å². The van der Waals surface area contributed by atoms with Gasteiger partial charge >= 0.3 is 0 Å². The number of nitrogens with two attached hydrogens (primary N) is 1. The second-order valence-electron chi connectivity index (χ2n) is 6.90. The van der Waals surface area contributed by atoms with Gasteiger partial charge in [0, 0.05) is 19.7 Å². The van der Waals surface area contributed by atoms with Crippen LogP contribution in [0.1, 0.15) is 38.2 Å². The van der Waals surface area contributed by atoms with Crippen molar-refractivity contribution in [3.05, 3.63) is 36.0 Å². The lowest BCUT2D eigenvalue weighted by Gasteiger charge is -2.27. The van der Waals surface area contributed by atoms with Gasteiger partial charge < -0.3 is 20.3 Å². The smallest absolute Gasteiger partial charge is 0.222 e. The SMILES string of the molecule is CCCC(CCO)NN(C)c1nc(N)ncc1OCCCc1ccc(OC)cc1. The molecular weight excluding hydrogens is 370 g/mol. The zero-order chi connectivity index (χ0) is 21.1. The van der Waals surface area contributed by atoms with Gasteiger partial charge in [0.1, 0.15) is 5.75 Å². The van der Waals surface area contributed by atoms with Gasteiger partial charge in [-0.1, -0.05) is 25.5 Å². The largest absolute Gasteiger partial charge is 0.497 e. The third-order valence-electron chi connectivity index (χ3n) is 4.59. The van der Waals surface area contributed by atoms with Crippen LogP contribution >= 0.6 is 0 Å². The normalized spacial score (nSPS) is 11.9. The molecule has 1 atom stereocenters. The maximum Gasteiger partial charge on any atom is 0.222 e. The van der Waals surface area contributed by atoms with Crippen molar-refractivity contribution < 1.29 is 14.6 Å². The highest BCUT2D eigenvalue weighted by atomic mass is 16.5. The van der Waals surface area contributed by atoms with Gasteiger partial charge in [-0.3, -0.25) is 5.01 Å². The molecule has 0 amide bonds. The Balaban J connectivity index is 1.94. The molecule has 1 heterocycles. The maximum absolute atomic E-state index is 9.28. The molecule has 0 saturated heterocycles. The van der Waals surface area contributed by atoms with E-state index in [0.29, 0.717) is 24.6 Å². The van der Waals surface area contributed by atoms with E-state index in [-0.39, 0.29) is 18.6 Å². The summed E-state index contributed by atoms with van der Waals surface area (Å²) in [6.07, 6.45) is 5.99. The Kier molecular flexibility index (Phi) is 9.46. The summed E-state index contributed by atoms with van der Waals surface area (Å²) in [5.74, 6) is 2.20. The van der Waals surface area contributed by atoms with Crippen LogP contribution in [0.3, 0.4) is 0 Å². The van der Waals surface area contributed by atoms with E-state index in [1.165, 1.54) is 5.56 Å². The van der Waals surface area contributed by atoms with Crippen LogP contribution in [0.4, 0.5) is 11.8 Å². The molecule has 0 spiro atoms. The Morgan fingerprint density at radius 2 is 2.00 bits per heavy atom. The first-order valence-electron chi connectivity index (χ1n) is 10.1. The van der Waals surface area contributed by atoms with Crippen LogP contribution in [0.15, 0.2) is 30.5 Å². The van der Waals surface area contributed by atoms with E-state index < -0.39 is 0 Å². The van der Waals surface area contributed by atoms with Crippen molar-refractivity contribution in [2.45, 2.75) is 45.1 Å². The minimum absolute atomic E-state index is 0.131. The molecule has 0 aliphatic heterocycles. The van der Waals surface area contributed by atoms with Gasteiger partial charge in [0.25, 0.3) is 0 Å². The predicted octanol–water partition coefficient (Wildman–Crippen LogP) is 2.57. The highest BCUT2D eigenvalue weighted by molar-refractivity contribution is 5.52. The fourth-order valence-electron chi connectivity index (χ4n) is 3.08. The van der Waals surface area contributed by atoms with Gasteiger partial charge in [-0.15, -0.1) is 0 Å². The zero-order valence-electron chi connectivity index (χ0n) is 17.6. The topological polar surface area (TPSA) is 106 Å². The van der Waals surface area contributed by atoms with Crippen LogP contribution < -0.4 is 25.6 Å². The highest BCUT2D eigenvalue weighted by Gasteiger charge is 2.16. The van der Waals surface area contributed by atoms with Crippen molar-refractivity contribution >= 4 is 11.8 Å². The van der Waals surface area contributed by atoms with Crippen molar-refractivity contribution in [1.29, 1.82) is 0 Å². The van der Waals surface area contributed by atoms with Crippen molar-refractivity contribution in [3.63, 3.8) is 0 Å². The second kappa shape index (κ2) is 12.1. The number of nitrogen functional groups attached to an aromatic ring is 1. The van der Waals surface area contributed by atoms with Gasteiger partial charge in [-0.05, 0) is 43.4 Å². The fraction of sp³-hybridized carbons (Fsp3) is 0.524. The summed E-state index contributed by atoms with van der Waals surface area (Å²) in [7, 11) is 3.53. The molecule has 0 bridgehead atoms. The summed E-state index contributed by atoms with van der Waals surface area (Å²) in [5, 5.41) is 11.1. The lowest BCUT2D eigenvalue weighted by molar-refractivity contribution is 0.258. The average molecular weight is 404 g/mol. The van der Waals surface area contributed by atoms with Crippen LogP contribution in [0.2, 0.25) is 0 Å². The number of nitrogens with zero attached hydrogens (tertiary/aromatic N) is 3. The molecule has 8 nitrogen and oxygen atoms in total. The molecule has 0 aliphatic carbocycles. The first-order chi connectivity index (χ1) is 14.1. The van der Waals surface area contributed by atoms with Crippen LogP contribution in [-0.4, -0.2) is 48.5 Å². The molecule has 0 aliphatic rings. The zero-order valence-corrected chi connectivity index (χ0v) is 17.6. The molecule has 2 aromatic rings. The monoisotopic (exact) mass is 403 g/mol. The third kappa shape index (κ3) is 7.40. The Morgan fingerprint density at radius 1 is 1.24 bits per heavy atom. The standard InChI is InChI=1S/C21H33N5O3/c1-4-6-17(12-13-27)25-26(2)20-19(15-23-21(22)24-20)29-14-5-7-16-8-10-18(28-3)11-9-16/h8-11,15,17,25,27H,4-7,12-14H2,1-3H3,(H2,22,23,24). The number of ether oxygens (including phenoxy) is 2. The van der Waals surface area contributed by atoms with Crippen LogP contribution in [-0.2, 0) is 6.42 Å². The van der Waals surface area contributed by atoms with E-state index in [1.807, 2.05) is 19.2 Å². The Hall–Kier alpha value is -2.58. The lowest BCUT2D eigenvalue weighted by Crippen LogP contribution is -2.43. The maximum atomic E-state index is 9.28. The fourth-order valence-corrected chi connectivity index (χ4v) is 3.08. The number of hydrazine groups is 1. The van der Waals surface area contributed by atoms with Crippen molar-refractivity contribution in [3.8, 4) is 11.5 Å². The van der Waals surface area contributed by atoms with Crippen LogP contribution in [0.5, 0.6) is 11.5 Å². The first kappa shape index (κ1) is 22.7. The molecular formula is C21H33N5O3. The number of aromatic nitrogens is 2. The van der Waals surface area contributed by atoms with E-state index >= 15 is 0 Å². The molecule has 1 aromatic heterocycles. The molecule has 0 radical (unpaired) electrons. The summed E-state index contributed by atoms with van der Waals surface area (Å²) in [5.41, 5.74) is 10.4. The van der Waals surface area contributed by atoms with E-state index in [0.717, 1.165) is 31.4 Å². The van der Waals surface area contributed by atoms with E-state index in [9.17, 15) is 5.11 Å². The molecule has 160 valence electrons. The minimum Gasteiger partial charge on any atom is -0.497 e. The number of benzene rings is 1. The average Bonchev–Trinajstić information content (AvgIpc) is 2.72. The summed E-state index contributed by atoms with van der Waals surface area (Å²) >= 11 is 0. The Morgan fingerprint density at radius 3 is 2.66 bits per heavy atom. The molecule has 1 aromatic carbocycles. The van der Waals surface area contributed by atoms with Gasteiger partial charge in [-0.25, -0.2) is 10.4 Å². The molecule has 1 unspecified atom stereocenters. The Bertz CT molecular complexity index is 721. The number of hydrogen-bond donors (Lipinski definition) is 3. The number of rotatable bonds is 13. The number of methoxy groups -OCH3 is 1. The molecule has 8 heteroatoms. The molecule has 0 saturated carbocycles. The number of hydrogen-bond acceptors (Lipinski definition) is 8. The quantitative estimate of drug-likeness (QED) is 0.346. The van der Waals surface area contributed by atoms with Crippen LogP contribution in [0, 0.1) is 0 Å². The van der Waals surface area contributed by atoms with Gasteiger partial charge in [-0.2, -0.15) is 4.98 Å². The van der Waals surface area contributed by atoms with Gasteiger partial charge in [0.2, 0.25) is 5.95 Å². The number of anilines is 2. The molecule has 4 N–H and O–H groups in total. The lowest BCUT2D eigenvalue weighted by atomic mass is 10.1. The third-order valence-corrected chi connectivity index (χ3v) is 4.59. The van der Waals surface area contributed by atoms with E-state index in [2.05, 4.69) is 34.5 Å². The Labute approximate surface area is 173 Å². The van der Waals surface area contributed by atoms with Crippen molar-refractivity contribution in [2.24, 2.45) is 0 Å². The number of nitrogens with one attached hydrogen (secondary N) is 1. The van der Waals surface area contributed by atoms with Crippen molar-refractivity contribution in [1.82, 2.24) is 15.4 Å². The number of aliphatic hydroxyl groups is 1. The van der Waals surface area contributed by atoms with E-state index in [1.54, 1.807) is 18.3 Å². The van der Waals surface area contributed by atoms with E-state index in [4.69, 9.17) is 15.2 Å². The summed E-state index contributed by atoms with van der Waals surface area (Å²) in [6.45, 7) is 2.79. The second-order valence-corrected chi connectivity index (χ2v) is 6.90. The molecule has 2 rings (SSSR count). The van der Waals surface area contributed by atoms with Crippen LogP contribution in [0.25, 0.3) is 0 Å². The summed E-state index contributed by atoms with van der Waals surface area (Å²) in [6, 6.07) is 8.19. The number of aryl methyl sites for hydroxylation is 1. The summed E-state index contributed by atoms with van der Waals surface area (Å²) < 4.78 is 11.1. The first-order valence-corrected chi connectivity index (χ1v) is 10.1. The predicted molar refractivity (Wildman–Crippen MR) is 115 cm³/mol. The summed E-state index contributed by atoms with van der Waals surface area (Å²) in [4.78, 5) is 8.39. The molecule has 29 heavy (non-hydrogen) atoms.